The Morgan fingerprint density at radius 1 is 1.11 bits per heavy atom. The van der Waals surface area contributed by atoms with E-state index in [1.807, 2.05) is 57.4 Å². The first-order chi connectivity index (χ1) is 13.5. The minimum absolute atomic E-state index is 0.0143. The molecular weight excluding hydrogens is 368 g/mol. The summed E-state index contributed by atoms with van der Waals surface area (Å²) in [5, 5.41) is 4.17. The molecule has 0 aliphatic carbocycles. The minimum Gasteiger partial charge on any atom is -0.491 e. The van der Waals surface area contributed by atoms with Crippen molar-refractivity contribution < 1.29 is 4.74 Å². The van der Waals surface area contributed by atoms with Crippen LogP contribution in [0, 0.1) is 0 Å². The largest absolute Gasteiger partial charge is 0.491 e. The SMILES string of the molecule is CC(C)Oc1ccc(N2C(=S)NC(c3ccccn3)C2c2ccn(C)c2)cc1. The Hall–Kier alpha value is -2.86. The smallest absolute Gasteiger partial charge is 0.174 e. The van der Waals surface area contributed by atoms with E-state index in [0.717, 1.165) is 17.1 Å². The summed E-state index contributed by atoms with van der Waals surface area (Å²) < 4.78 is 7.84. The lowest BCUT2D eigenvalue weighted by molar-refractivity contribution is 0.242. The molecule has 3 aromatic rings. The standard InChI is InChI=1S/C22H24N4OS/c1-15(2)27-18-9-7-17(8-10-18)26-21(16-11-13-25(3)14-16)20(24-22(26)28)19-6-4-5-12-23-19/h4-15,20-21H,1-3H3,(H,24,28). The Bertz CT molecular complexity index is 952. The van der Waals surface area contributed by atoms with Crippen molar-refractivity contribution in [2.45, 2.75) is 32.0 Å². The highest BCUT2D eigenvalue weighted by Crippen LogP contribution is 2.41. The van der Waals surface area contributed by atoms with Gasteiger partial charge in [0.05, 0.1) is 23.9 Å². The molecule has 5 nitrogen and oxygen atoms in total. The van der Waals surface area contributed by atoms with Gasteiger partial charge in [-0.2, -0.15) is 0 Å². The Balaban J connectivity index is 1.73. The second-order valence-electron chi connectivity index (χ2n) is 7.27. The van der Waals surface area contributed by atoms with Gasteiger partial charge < -0.3 is 19.5 Å². The quantitative estimate of drug-likeness (QED) is 0.653. The Kier molecular flexibility index (Phi) is 5.05. The maximum Gasteiger partial charge on any atom is 0.174 e. The number of anilines is 1. The fraction of sp³-hybridized carbons (Fsp3) is 0.273. The van der Waals surface area contributed by atoms with Crippen LogP contribution in [0.25, 0.3) is 0 Å². The van der Waals surface area contributed by atoms with Crippen molar-refractivity contribution in [3.8, 4) is 5.75 Å². The van der Waals surface area contributed by atoms with Crippen molar-refractivity contribution in [3.05, 3.63) is 78.4 Å². The molecule has 28 heavy (non-hydrogen) atoms. The minimum atomic E-state index is -0.0253. The molecule has 2 unspecified atom stereocenters. The highest BCUT2D eigenvalue weighted by Gasteiger charge is 2.40. The van der Waals surface area contributed by atoms with Crippen molar-refractivity contribution in [3.63, 3.8) is 0 Å². The molecule has 2 aromatic heterocycles. The Labute approximate surface area is 171 Å². The van der Waals surface area contributed by atoms with Crippen LogP contribution in [0.1, 0.15) is 37.2 Å². The average Bonchev–Trinajstić information content (AvgIpc) is 3.26. The van der Waals surface area contributed by atoms with Gasteiger partial charge in [-0.25, -0.2) is 0 Å². The van der Waals surface area contributed by atoms with E-state index < -0.39 is 0 Å². The molecular formula is C22H24N4OS. The molecule has 1 fully saturated rings. The van der Waals surface area contributed by atoms with Gasteiger partial charge in [0, 0.05) is 31.3 Å². The number of nitrogens with zero attached hydrogens (tertiary/aromatic N) is 3. The Morgan fingerprint density at radius 3 is 2.50 bits per heavy atom. The third kappa shape index (κ3) is 3.60. The fourth-order valence-corrected chi connectivity index (χ4v) is 3.98. The van der Waals surface area contributed by atoms with E-state index in [1.54, 1.807) is 0 Å². The van der Waals surface area contributed by atoms with Crippen molar-refractivity contribution in [1.29, 1.82) is 0 Å². The summed E-state index contributed by atoms with van der Waals surface area (Å²) >= 11 is 5.74. The van der Waals surface area contributed by atoms with Gasteiger partial charge in [-0.15, -0.1) is 0 Å². The number of hydrogen-bond acceptors (Lipinski definition) is 3. The van der Waals surface area contributed by atoms with Gasteiger partial charge in [0.1, 0.15) is 5.75 Å². The van der Waals surface area contributed by atoms with Crippen LogP contribution in [-0.4, -0.2) is 20.8 Å². The van der Waals surface area contributed by atoms with Gasteiger partial charge in [-0.05, 0) is 74.1 Å². The normalized spacial score (nSPS) is 19.1. The van der Waals surface area contributed by atoms with Gasteiger partial charge >= 0.3 is 0 Å². The van der Waals surface area contributed by atoms with Crippen LogP contribution in [0.3, 0.4) is 0 Å². The number of ether oxygens (including phenoxy) is 1. The number of rotatable bonds is 5. The first-order valence-corrected chi connectivity index (χ1v) is 9.83. The summed E-state index contributed by atoms with van der Waals surface area (Å²) in [6.45, 7) is 4.05. The van der Waals surface area contributed by atoms with Crippen molar-refractivity contribution >= 4 is 23.0 Å². The summed E-state index contributed by atoms with van der Waals surface area (Å²) in [5.74, 6) is 0.856. The predicted molar refractivity (Wildman–Crippen MR) is 116 cm³/mol. The second-order valence-corrected chi connectivity index (χ2v) is 7.65. The van der Waals surface area contributed by atoms with E-state index in [9.17, 15) is 0 Å². The van der Waals surface area contributed by atoms with Crippen molar-refractivity contribution in [2.75, 3.05) is 4.90 Å². The van der Waals surface area contributed by atoms with Crippen LogP contribution in [0.15, 0.2) is 67.1 Å². The van der Waals surface area contributed by atoms with Crippen LogP contribution in [0.4, 0.5) is 5.69 Å². The molecule has 2 atom stereocenters. The molecule has 3 heterocycles. The lowest BCUT2D eigenvalue weighted by Crippen LogP contribution is -2.29. The molecule has 4 rings (SSSR count). The summed E-state index contributed by atoms with van der Waals surface area (Å²) in [7, 11) is 2.03. The predicted octanol–water partition coefficient (Wildman–Crippen LogP) is 4.38. The van der Waals surface area contributed by atoms with Crippen LogP contribution >= 0.6 is 12.2 Å². The molecule has 0 saturated carbocycles. The first kappa shape index (κ1) is 18.5. The summed E-state index contributed by atoms with van der Waals surface area (Å²) in [6.07, 6.45) is 6.16. The molecule has 0 bridgehead atoms. The van der Waals surface area contributed by atoms with Gasteiger partial charge in [-0.1, -0.05) is 6.07 Å². The lowest BCUT2D eigenvalue weighted by Gasteiger charge is -2.27. The molecule has 1 aromatic carbocycles. The van der Waals surface area contributed by atoms with Crippen LogP contribution in [0.2, 0.25) is 0 Å². The highest BCUT2D eigenvalue weighted by molar-refractivity contribution is 7.80. The molecule has 0 spiro atoms. The molecule has 0 radical (unpaired) electrons. The van der Waals surface area contributed by atoms with Crippen LogP contribution in [-0.2, 0) is 7.05 Å². The van der Waals surface area contributed by atoms with E-state index in [0.29, 0.717) is 5.11 Å². The molecule has 144 valence electrons. The zero-order chi connectivity index (χ0) is 19.7. The topological polar surface area (TPSA) is 42.3 Å². The monoisotopic (exact) mass is 392 g/mol. The van der Waals surface area contributed by atoms with E-state index in [1.165, 1.54) is 5.56 Å². The molecule has 1 saturated heterocycles. The van der Waals surface area contributed by atoms with Crippen molar-refractivity contribution in [1.82, 2.24) is 14.9 Å². The van der Waals surface area contributed by atoms with Crippen LogP contribution in [0.5, 0.6) is 5.75 Å². The third-order valence-electron chi connectivity index (χ3n) is 4.78. The zero-order valence-electron chi connectivity index (χ0n) is 16.2. The van der Waals surface area contributed by atoms with Crippen molar-refractivity contribution in [2.24, 2.45) is 7.05 Å². The number of pyridine rings is 1. The highest BCUT2D eigenvalue weighted by atomic mass is 32.1. The first-order valence-electron chi connectivity index (χ1n) is 9.42. The number of nitrogens with one attached hydrogen (secondary N) is 1. The second kappa shape index (κ2) is 7.64. The van der Waals surface area contributed by atoms with E-state index in [4.69, 9.17) is 17.0 Å². The van der Waals surface area contributed by atoms with Gasteiger partial charge in [0.25, 0.3) is 0 Å². The maximum atomic E-state index is 5.78. The summed E-state index contributed by atoms with van der Waals surface area (Å²) in [6, 6.07) is 16.2. The number of benzene rings is 1. The Morgan fingerprint density at radius 2 is 1.89 bits per heavy atom. The average molecular weight is 393 g/mol. The fourth-order valence-electron chi connectivity index (χ4n) is 3.63. The molecule has 0 amide bonds. The number of thiocarbonyl (C=S) groups is 1. The molecule has 1 N–H and O–H groups in total. The van der Waals surface area contributed by atoms with Gasteiger partial charge in [0.2, 0.25) is 0 Å². The molecule has 1 aliphatic heterocycles. The van der Waals surface area contributed by atoms with E-state index in [2.05, 4.69) is 50.4 Å². The number of aromatic nitrogens is 2. The third-order valence-corrected chi connectivity index (χ3v) is 5.10. The van der Waals surface area contributed by atoms with E-state index >= 15 is 0 Å². The summed E-state index contributed by atoms with van der Waals surface area (Å²) in [5.41, 5.74) is 3.19. The van der Waals surface area contributed by atoms with Gasteiger partial charge in [-0.3, -0.25) is 4.98 Å². The summed E-state index contributed by atoms with van der Waals surface area (Å²) in [4.78, 5) is 6.75. The number of hydrogen-bond donors (Lipinski definition) is 1. The maximum absolute atomic E-state index is 5.78. The lowest BCUT2D eigenvalue weighted by atomic mass is 9.98. The molecule has 1 aliphatic rings. The molecule has 6 heteroatoms. The van der Waals surface area contributed by atoms with Gasteiger partial charge in [0.15, 0.2) is 5.11 Å². The zero-order valence-corrected chi connectivity index (χ0v) is 17.1. The van der Waals surface area contributed by atoms with E-state index in [-0.39, 0.29) is 18.2 Å². The number of aryl methyl sites for hydroxylation is 1. The van der Waals surface area contributed by atoms with Crippen LogP contribution < -0.4 is 15.0 Å².